The van der Waals surface area contributed by atoms with E-state index >= 15 is 0 Å². The second kappa shape index (κ2) is 7.54. The number of anilines is 1. The maximum atomic E-state index is 13.2. The molecule has 1 amide bonds. The van der Waals surface area contributed by atoms with E-state index in [4.69, 9.17) is 0 Å². The number of rotatable bonds is 6. The number of benzene rings is 2. The number of nitrogens with zero attached hydrogens (tertiary/aromatic N) is 1. The van der Waals surface area contributed by atoms with E-state index in [1.54, 1.807) is 12.1 Å². The molecule has 0 bridgehead atoms. The highest BCUT2D eigenvalue weighted by atomic mass is 32.2. The molecule has 7 heteroatoms. The van der Waals surface area contributed by atoms with Gasteiger partial charge in [-0.25, -0.2) is 12.8 Å². The monoisotopic (exact) mass is 416 g/mol. The van der Waals surface area contributed by atoms with Gasteiger partial charge in [-0.05, 0) is 66.6 Å². The van der Waals surface area contributed by atoms with Crippen LogP contribution in [0.25, 0.3) is 0 Å². The van der Waals surface area contributed by atoms with Crippen LogP contribution in [-0.4, -0.2) is 30.9 Å². The number of carbonyl (C=O) groups excluding carboxylic acids is 1. The first-order chi connectivity index (χ1) is 13.8. The van der Waals surface area contributed by atoms with E-state index in [-0.39, 0.29) is 17.5 Å². The van der Waals surface area contributed by atoms with Crippen molar-refractivity contribution in [2.45, 2.75) is 44.6 Å². The van der Waals surface area contributed by atoms with Gasteiger partial charge in [0, 0.05) is 18.8 Å². The standard InChI is InChI=1S/C22H25FN2O3S/c1-2-13-29(27,28)25-12-9-16-3-8-20(14-17(16)15-25)24-21(26)22(10-11-22)18-4-6-19(23)7-5-18/h3-8,14H,2,9-13,15H2,1H3,(H,24,26). The van der Waals surface area contributed by atoms with E-state index in [2.05, 4.69) is 5.32 Å². The molecule has 0 unspecified atom stereocenters. The van der Waals surface area contributed by atoms with Crippen LogP contribution in [0, 0.1) is 5.82 Å². The predicted molar refractivity (Wildman–Crippen MR) is 111 cm³/mol. The molecule has 1 aliphatic heterocycles. The summed E-state index contributed by atoms with van der Waals surface area (Å²) in [4.78, 5) is 12.9. The van der Waals surface area contributed by atoms with E-state index in [9.17, 15) is 17.6 Å². The fraction of sp³-hybridized carbons (Fsp3) is 0.409. The first-order valence-electron chi connectivity index (χ1n) is 10.0. The molecule has 29 heavy (non-hydrogen) atoms. The zero-order chi connectivity index (χ0) is 20.6. The molecule has 0 aromatic heterocycles. The predicted octanol–water partition coefficient (Wildman–Crippen LogP) is 3.59. The second-order valence-corrected chi connectivity index (χ2v) is 10.0. The van der Waals surface area contributed by atoms with Gasteiger partial charge in [-0.2, -0.15) is 4.31 Å². The van der Waals surface area contributed by atoms with Gasteiger partial charge in [-0.3, -0.25) is 4.79 Å². The van der Waals surface area contributed by atoms with Gasteiger partial charge < -0.3 is 5.32 Å². The Morgan fingerprint density at radius 1 is 1.14 bits per heavy atom. The number of amides is 1. The Balaban J connectivity index is 1.51. The highest BCUT2D eigenvalue weighted by Gasteiger charge is 2.51. The molecule has 2 aromatic carbocycles. The summed E-state index contributed by atoms with van der Waals surface area (Å²) in [6.45, 7) is 2.69. The Labute approximate surface area is 171 Å². The summed E-state index contributed by atoms with van der Waals surface area (Å²) in [5.41, 5.74) is 2.94. The third-order valence-corrected chi connectivity index (χ3v) is 7.90. The van der Waals surface area contributed by atoms with Crippen molar-refractivity contribution < 1.29 is 17.6 Å². The van der Waals surface area contributed by atoms with Gasteiger partial charge in [0.05, 0.1) is 11.2 Å². The molecular weight excluding hydrogens is 391 g/mol. The fourth-order valence-corrected chi connectivity index (χ4v) is 5.50. The Kier molecular flexibility index (Phi) is 5.21. The molecule has 1 aliphatic carbocycles. The van der Waals surface area contributed by atoms with Crippen LogP contribution >= 0.6 is 0 Å². The molecule has 2 aromatic rings. The second-order valence-electron chi connectivity index (χ2n) is 7.93. The minimum Gasteiger partial charge on any atom is -0.325 e. The van der Waals surface area contributed by atoms with Crippen LogP contribution in [0.4, 0.5) is 10.1 Å². The SMILES string of the molecule is CCCS(=O)(=O)N1CCc2ccc(NC(=O)C3(c4ccc(F)cc4)CC3)cc2C1. The quantitative estimate of drug-likeness (QED) is 0.783. The number of hydrogen-bond acceptors (Lipinski definition) is 3. The normalized spacial score (nSPS) is 18.1. The van der Waals surface area contributed by atoms with Crippen molar-refractivity contribution in [2.75, 3.05) is 17.6 Å². The molecular formula is C22H25FN2O3S. The van der Waals surface area contributed by atoms with Gasteiger partial charge in [0.1, 0.15) is 5.82 Å². The Morgan fingerprint density at radius 2 is 1.86 bits per heavy atom. The third kappa shape index (κ3) is 3.94. The molecule has 0 saturated heterocycles. The van der Waals surface area contributed by atoms with Crippen molar-refractivity contribution in [1.29, 1.82) is 0 Å². The molecule has 1 heterocycles. The molecule has 154 valence electrons. The molecule has 0 spiro atoms. The van der Waals surface area contributed by atoms with Crippen molar-refractivity contribution in [3.8, 4) is 0 Å². The number of fused-ring (bicyclic) bond motifs is 1. The molecule has 1 saturated carbocycles. The van der Waals surface area contributed by atoms with Crippen molar-refractivity contribution in [2.24, 2.45) is 0 Å². The van der Waals surface area contributed by atoms with Crippen molar-refractivity contribution in [1.82, 2.24) is 4.31 Å². The van der Waals surface area contributed by atoms with Crippen LogP contribution < -0.4 is 5.32 Å². The summed E-state index contributed by atoms with van der Waals surface area (Å²) >= 11 is 0. The smallest absolute Gasteiger partial charge is 0.235 e. The van der Waals surface area contributed by atoms with Crippen LogP contribution in [0.1, 0.15) is 42.9 Å². The molecule has 2 aliphatic rings. The third-order valence-electron chi connectivity index (χ3n) is 5.88. The summed E-state index contributed by atoms with van der Waals surface area (Å²) in [5.74, 6) is -0.267. The fourth-order valence-electron chi connectivity index (χ4n) is 4.02. The lowest BCUT2D eigenvalue weighted by atomic mass is 9.94. The molecule has 0 atom stereocenters. The van der Waals surface area contributed by atoms with Gasteiger partial charge in [-0.15, -0.1) is 0 Å². The van der Waals surface area contributed by atoms with Crippen LogP contribution in [0.2, 0.25) is 0 Å². The maximum Gasteiger partial charge on any atom is 0.235 e. The van der Waals surface area contributed by atoms with E-state index < -0.39 is 15.4 Å². The first-order valence-corrected chi connectivity index (χ1v) is 11.6. The molecule has 4 rings (SSSR count). The van der Waals surface area contributed by atoms with Gasteiger partial charge in [-0.1, -0.05) is 25.1 Å². The number of carbonyl (C=O) groups is 1. The lowest BCUT2D eigenvalue weighted by Crippen LogP contribution is -2.37. The van der Waals surface area contributed by atoms with E-state index in [1.165, 1.54) is 16.4 Å². The Bertz CT molecular complexity index is 1030. The number of halogens is 1. The van der Waals surface area contributed by atoms with Gasteiger partial charge in [0.2, 0.25) is 15.9 Å². The lowest BCUT2D eigenvalue weighted by Gasteiger charge is -2.28. The van der Waals surface area contributed by atoms with E-state index in [0.29, 0.717) is 31.6 Å². The molecule has 5 nitrogen and oxygen atoms in total. The topological polar surface area (TPSA) is 66.5 Å². The molecule has 1 fully saturated rings. The van der Waals surface area contributed by atoms with E-state index in [0.717, 1.165) is 29.5 Å². The van der Waals surface area contributed by atoms with E-state index in [1.807, 2.05) is 25.1 Å². The maximum absolute atomic E-state index is 13.2. The van der Waals surface area contributed by atoms with Gasteiger partial charge in [0.15, 0.2) is 0 Å². The average molecular weight is 417 g/mol. The minimum absolute atomic E-state index is 0.102. The number of hydrogen-bond donors (Lipinski definition) is 1. The van der Waals surface area contributed by atoms with Gasteiger partial charge in [0.25, 0.3) is 0 Å². The zero-order valence-corrected chi connectivity index (χ0v) is 17.3. The number of nitrogens with one attached hydrogen (secondary N) is 1. The lowest BCUT2D eigenvalue weighted by molar-refractivity contribution is -0.118. The van der Waals surface area contributed by atoms with Crippen molar-refractivity contribution >= 4 is 21.6 Å². The molecule has 1 N–H and O–H groups in total. The highest BCUT2D eigenvalue weighted by Crippen LogP contribution is 2.49. The van der Waals surface area contributed by atoms with Crippen molar-refractivity contribution in [3.05, 3.63) is 65.0 Å². The largest absolute Gasteiger partial charge is 0.325 e. The van der Waals surface area contributed by atoms with Gasteiger partial charge >= 0.3 is 0 Å². The van der Waals surface area contributed by atoms with Crippen molar-refractivity contribution in [3.63, 3.8) is 0 Å². The van der Waals surface area contributed by atoms with Crippen LogP contribution in [0.15, 0.2) is 42.5 Å². The zero-order valence-electron chi connectivity index (χ0n) is 16.4. The molecule has 0 radical (unpaired) electrons. The van der Waals surface area contributed by atoms with Crippen LogP contribution in [0.3, 0.4) is 0 Å². The van der Waals surface area contributed by atoms with Crippen LogP contribution in [-0.2, 0) is 33.2 Å². The summed E-state index contributed by atoms with van der Waals surface area (Å²) in [5, 5.41) is 2.99. The average Bonchev–Trinajstić information content (AvgIpc) is 3.50. The summed E-state index contributed by atoms with van der Waals surface area (Å²) in [7, 11) is -3.25. The first kappa shape index (κ1) is 20.0. The Morgan fingerprint density at radius 3 is 2.52 bits per heavy atom. The minimum atomic E-state index is -3.25. The summed E-state index contributed by atoms with van der Waals surface area (Å²) in [6.07, 6.45) is 2.73. The number of sulfonamides is 1. The Hall–Kier alpha value is -2.25. The highest BCUT2D eigenvalue weighted by molar-refractivity contribution is 7.89. The van der Waals surface area contributed by atoms with Crippen LogP contribution in [0.5, 0.6) is 0 Å². The summed E-state index contributed by atoms with van der Waals surface area (Å²) in [6, 6.07) is 11.8. The summed E-state index contributed by atoms with van der Waals surface area (Å²) < 4.78 is 39.6.